The second-order valence-electron chi connectivity index (χ2n) is 3.85. The number of aromatic nitrogens is 4. The monoisotopic (exact) mass is 235 g/mol. The number of nitriles is 1. The van der Waals surface area contributed by atoms with Crippen molar-refractivity contribution in [2.75, 3.05) is 0 Å². The molecule has 0 unspecified atom stereocenters. The first-order valence-electron chi connectivity index (χ1n) is 5.50. The molecule has 86 valence electrons. The van der Waals surface area contributed by atoms with Crippen molar-refractivity contribution < 1.29 is 0 Å². The second-order valence-corrected chi connectivity index (χ2v) is 3.85. The van der Waals surface area contributed by atoms with Gasteiger partial charge in [0.1, 0.15) is 5.82 Å². The number of aromatic amines is 1. The van der Waals surface area contributed by atoms with Gasteiger partial charge in [-0.1, -0.05) is 6.07 Å². The molecule has 0 aliphatic carbocycles. The molecule has 0 aliphatic rings. The summed E-state index contributed by atoms with van der Waals surface area (Å²) in [6.07, 6.45) is 2.00. The number of hydrogen-bond donors (Lipinski definition) is 1. The van der Waals surface area contributed by atoms with Crippen LogP contribution < -0.4 is 0 Å². The van der Waals surface area contributed by atoms with Crippen LogP contribution in [0.25, 0.3) is 22.3 Å². The molecule has 0 spiro atoms. The van der Waals surface area contributed by atoms with Crippen molar-refractivity contribution in [1.29, 1.82) is 5.26 Å². The summed E-state index contributed by atoms with van der Waals surface area (Å²) in [5.41, 5.74) is 1.85. The Bertz CT molecular complexity index is 738. The van der Waals surface area contributed by atoms with Crippen LogP contribution in [0, 0.1) is 11.3 Å². The molecule has 0 bridgehead atoms. The summed E-state index contributed by atoms with van der Waals surface area (Å²) in [7, 11) is 0. The van der Waals surface area contributed by atoms with Crippen molar-refractivity contribution in [1.82, 2.24) is 20.2 Å². The van der Waals surface area contributed by atoms with Crippen LogP contribution >= 0.6 is 0 Å². The number of H-pyrrole nitrogens is 1. The third kappa shape index (κ3) is 1.80. The number of rotatable bonds is 2. The van der Waals surface area contributed by atoms with Crippen LogP contribution in [0.5, 0.6) is 0 Å². The van der Waals surface area contributed by atoms with Gasteiger partial charge in [0.05, 0.1) is 18.0 Å². The standard InChI is InChI=1S/C13H9N5/c14-6-5-12-16-13(18-17-12)10-3-4-11-9(8-10)2-1-7-15-11/h1-4,7-8H,5H2,(H,16,17,18). The van der Waals surface area contributed by atoms with Gasteiger partial charge in [0.2, 0.25) is 0 Å². The minimum Gasteiger partial charge on any atom is -0.262 e. The Labute approximate surface area is 103 Å². The summed E-state index contributed by atoms with van der Waals surface area (Å²) in [5.74, 6) is 1.18. The van der Waals surface area contributed by atoms with Crippen LogP contribution in [0.15, 0.2) is 36.5 Å². The zero-order valence-electron chi connectivity index (χ0n) is 9.46. The summed E-state index contributed by atoms with van der Waals surface area (Å²) in [6, 6.07) is 11.8. The molecule has 0 atom stereocenters. The van der Waals surface area contributed by atoms with Gasteiger partial charge in [-0.15, -0.1) is 0 Å². The maximum Gasteiger partial charge on any atom is 0.181 e. The van der Waals surface area contributed by atoms with Crippen molar-refractivity contribution in [2.24, 2.45) is 0 Å². The molecule has 5 nitrogen and oxygen atoms in total. The Morgan fingerprint density at radius 3 is 3.11 bits per heavy atom. The van der Waals surface area contributed by atoms with Crippen LogP contribution in [0.3, 0.4) is 0 Å². The average molecular weight is 235 g/mol. The highest BCUT2D eigenvalue weighted by atomic mass is 15.2. The second kappa shape index (κ2) is 4.26. The van der Waals surface area contributed by atoms with Gasteiger partial charge in [0.15, 0.2) is 5.82 Å². The van der Waals surface area contributed by atoms with Crippen molar-refractivity contribution >= 4 is 10.9 Å². The summed E-state index contributed by atoms with van der Waals surface area (Å²) in [4.78, 5) is 8.53. The van der Waals surface area contributed by atoms with Gasteiger partial charge in [0.25, 0.3) is 0 Å². The number of pyridine rings is 1. The molecular formula is C13H9N5. The van der Waals surface area contributed by atoms with Crippen LogP contribution in [-0.2, 0) is 6.42 Å². The fraction of sp³-hybridized carbons (Fsp3) is 0.0769. The third-order valence-corrected chi connectivity index (χ3v) is 2.64. The van der Waals surface area contributed by atoms with E-state index in [-0.39, 0.29) is 6.42 Å². The number of hydrogen-bond acceptors (Lipinski definition) is 4. The molecule has 1 N–H and O–H groups in total. The summed E-state index contributed by atoms with van der Waals surface area (Å²) in [6.45, 7) is 0. The molecule has 0 aliphatic heterocycles. The highest BCUT2D eigenvalue weighted by molar-refractivity contribution is 5.82. The van der Waals surface area contributed by atoms with E-state index in [9.17, 15) is 0 Å². The van der Waals surface area contributed by atoms with E-state index in [1.54, 1.807) is 6.20 Å². The van der Waals surface area contributed by atoms with Gasteiger partial charge in [-0.3, -0.25) is 10.1 Å². The molecule has 2 aromatic heterocycles. The normalized spacial score (nSPS) is 10.4. The van der Waals surface area contributed by atoms with Crippen LogP contribution in [-0.4, -0.2) is 20.2 Å². The molecule has 0 saturated heterocycles. The predicted molar refractivity (Wildman–Crippen MR) is 66.4 cm³/mol. The fourth-order valence-corrected chi connectivity index (χ4v) is 1.79. The van der Waals surface area contributed by atoms with Crippen LogP contribution in [0.2, 0.25) is 0 Å². The summed E-state index contributed by atoms with van der Waals surface area (Å²) in [5, 5.41) is 16.5. The van der Waals surface area contributed by atoms with Gasteiger partial charge >= 0.3 is 0 Å². The first kappa shape index (κ1) is 10.4. The van der Waals surface area contributed by atoms with Crippen molar-refractivity contribution in [3.63, 3.8) is 0 Å². The Morgan fingerprint density at radius 1 is 1.28 bits per heavy atom. The molecular weight excluding hydrogens is 226 g/mol. The minimum atomic E-state index is 0.238. The molecule has 2 heterocycles. The molecule has 0 radical (unpaired) electrons. The Kier molecular flexibility index (Phi) is 2.47. The van der Waals surface area contributed by atoms with E-state index < -0.39 is 0 Å². The first-order chi connectivity index (χ1) is 8.86. The average Bonchev–Trinajstić information content (AvgIpc) is 2.87. The lowest BCUT2D eigenvalue weighted by Gasteiger charge is -1.98. The maximum absolute atomic E-state index is 8.59. The maximum atomic E-state index is 8.59. The van der Waals surface area contributed by atoms with Crippen molar-refractivity contribution in [3.05, 3.63) is 42.4 Å². The zero-order chi connectivity index (χ0) is 12.4. The first-order valence-corrected chi connectivity index (χ1v) is 5.50. The highest BCUT2D eigenvalue weighted by Crippen LogP contribution is 2.20. The molecule has 18 heavy (non-hydrogen) atoms. The van der Waals surface area contributed by atoms with E-state index in [1.807, 2.05) is 36.4 Å². The lowest BCUT2D eigenvalue weighted by Crippen LogP contribution is -1.84. The molecule has 0 fully saturated rings. The lowest BCUT2D eigenvalue weighted by molar-refractivity contribution is 0.996. The number of nitrogens with zero attached hydrogens (tertiary/aromatic N) is 4. The van der Waals surface area contributed by atoms with Crippen LogP contribution in [0.1, 0.15) is 5.82 Å². The number of benzene rings is 1. The highest BCUT2D eigenvalue weighted by Gasteiger charge is 2.06. The van der Waals surface area contributed by atoms with E-state index >= 15 is 0 Å². The largest absolute Gasteiger partial charge is 0.262 e. The van der Waals surface area contributed by atoms with Crippen molar-refractivity contribution in [2.45, 2.75) is 6.42 Å². The molecule has 3 aromatic rings. The van der Waals surface area contributed by atoms with E-state index in [2.05, 4.69) is 20.2 Å². The predicted octanol–water partition coefficient (Wildman–Crippen LogP) is 2.09. The Hall–Kier alpha value is -2.74. The summed E-state index contributed by atoms with van der Waals surface area (Å²) < 4.78 is 0. The van der Waals surface area contributed by atoms with Crippen molar-refractivity contribution in [3.8, 4) is 17.5 Å². The Balaban J connectivity index is 2.05. The van der Waals surface area contributed by atoms with E-state index in [4.69, 9.17) is 5.26 Å². The zero-order valence-corrected chi connectivity index (χ0v) is 9.46. The number of nitrogens with one attached hydrogen (secondary N) is 1. The quantitative estimate of drug-likeness (QED) is 0.737. The van der Waals surface area contributed by atoms with E-state index in [0.29, 0.717) is 11.6 Å². The molecule has 0 amide bonds. The fourth-order valence-electron chi connectivity index (χ4n) is 1.79. The van der Waals surface area contributed by atoms with Gasteiger partial charge in [-0.05, 0) is 24.3 Å². The smallest absolute Gasteiger partial charge is 0.181 e. The van der Waals surface area contributed by atoms with Gasteiger partial charge in [0, 0.05) is 17.1 Å². The number of fused-ring (bicyclic) bond motifs is 1. The SMILES string of the molecule is N#CCc1nc(-c2ccc3ncccc3c2)n[nH]1. The molecule has 1 aromatic carbocycles. The van der Waals surface area contributed by atoms with Gasteiger partial charge in [-0.25, -0.2) is 4.98 Å². The molecule has 5 heteroatoms. The van der Waals surface area contributed by atoms with Crippen LogP contribution in [0.4, 0.5) is 0 Å². The van der Waals surface area contributed by atoms with E-state index in [0.717, 1.165) is 16.5 Å². The Morgan fingerprint density at radius 2 is 2.22 bits per heavy atom. The lowest BCUT2D eigenvalue weighted by atomic mass is 10.1. The minimum absolute atomic E-state index is 0.238. The van der Waals surface area contributed by atoms with E-state index in [1.165, 1.54) is 0 Å². The topological polar surface area (TPSA) is 78.2 Å². The third-order valence-electron chi connectivity index (χ3n) is 2.64. The van der Waals surface area contributed by atoms with Gasteiger partial charge in [-0.2, -0.15) is 10.4 Å². The molecule has 0 saturated carbocycles. The van der Waals surface area contributed by atoms with Gasteiger partial charge < -0.3 is 0 Å². The summed E-state index contributed by atoms with van der Waals surface area (Å²) >= 11 is 0. The molecule has 3 rings (SSSR count).